The lowest BCUT2D eigenvalue weighted by Gasteiger charge is -2.19. The minimum atomic E-state index is 0.925. The molecule has 0 amide bonds. The standard InChI is InChI=1S/C18H24N2S/c1-3-16-7-8-17(21-16)13-19-18-9-6-15(12-14(18)2)20-10-4-5-11-20/h6-9,12,19H,3-5,10-11,13H2,1-2H3. The van der Waals surface area contributed by atoms with Gasteiger partial charge in [-0.1, -0.05) is 6.92 Å². The Labute approximate surface area is 131 Å². The third-order valence-corrected chi connectivity index (χ3v) is 5.43. The zero-order chi connectivity index (χ0) is 14.7. The number of aryl methyl sites for hydroxylation is 2. The van der Waals surface area contributed by atoms with E-state index in [0.29, 0.717) is 0 Å². The molecule has 0 unspecified atom stereocenters. The second-order valence-corrected chi connectivity index (χ2v) is 7.02. The van der Waals surface area contributed by atoms with E-state index < -0.39 is 0 Å². The number of benzene rings is 1. The van der Waals surface area contributed by atoms with Gasteiger partial charge in [0.2, 0.25) is 0 Å². The van der Waals surface area contributed by atoms with Crippen LogP contribution in [-0.2, 0) is 13.0 Å². The van der Waals surface area contributed by atoms with Crippen LogP contribution in [0.5, 0.6) is 0 Å². The maximum atomic E-state index is 3.58. The first-order valence-corrected chi connectivity index (χ1v) is 8.75. The quantitative estimate of drug-likeness (QED) is 0.850. The SMILES string of the molecule is CCc1ccc(CNc2ccc(N3CCCC3)cc2C)s1. The minimum Gasteiger partial charge on any atom is -0.380 e. The smallest absolute Gasteiger partial charge is 0.0494 e. The summed E-state index contributed by atoms with van der Waals surface area (Å²) in [5.74, 6) is 0. The highest BCUT2D eigenvalue weighted by Crippen LogP contribution is 2.26. The first kappa shape index (κ1) is 14.5. The fourth-order valence-corrected chi connectivity index (χ4v) is 3.81. The van der Waals surface area contributed by atoms with Crippen molar-refractivity contribution in [2.45, 2.75) is 39.7 Å². The molecular weight excluding hydrogens is 276 g/mol. The molecule has 1 saturated heterocycles. The lowest BCUT2D eigenvalue weighted by atomic mass is 10.1. The van der Waals surface area contributed by atoms with E-state index in [9.17, 15) is 0 Å². The molecule has 2 heterocycles. The second-order valence-electron chi connectivity index (χ2n) is 5.77. The lowest BCUT2D eigenvalue weighted by molar-refractivity contribution is 0.949. The van der Waals surface area contributed by atoms with E-state index in [4.69, 9.17) is 0 Å². The summed E-state index contributed by atoms with van der Waals surface area (Å²) in [7, 11) is 0. The molecule has 0 atom stereocenters. The van der Waals surface area contributed by atoms with E-state index in [1.54, 1.807) is 0 Å². The van der Waals surface area contributed by atoms with Crippen LogP contribution in [0.3, 0.4) is 0 Å². The van der Waals surface area contributed by atoms with Gasteiger partial charge in [-0.3, -0.25) is 0 Å². The van der Waals surface area contributed by atoms with Crippen molar-refractivity contribution in [2.24, 2.45) is 0 Å². The van der Waals surface area contributed by atoms with Gasteiger partial charge in [-0.2, -0.15) is 0 Å². The van der Waals surface area contributed by atoms with Crippen LogP contribution in [0.2, 0.25) is 0 Å². The van der Waals surface area contributed by atoms with Crippen molar-refractivity contribution < 1.29 is 0 Å². The number of nitrogens with zero attached hydrogens (tertiary/aromatic N) is 1. The van der Waals surface area contributed by atoms with E-state index in [-0.39, 0.29) is 0 Å². The Balaban J connectivity index is 1.65. The number of rotatable bonds is 5. The van der Waals surface area contributed by atoms with Crippen molar-refractivity contribution in [3.8, 4) is 0 Å². The van der Waals surface area contributed by atoms with E-state index in [1.165, 1.54) is 52.6 Å². The fourth-order valence-electron chi connectivity index (χ4n) is 2.91. The van der Waals surface area contributed by atoms with E-state index in [0.717, 1.165) is 13.0 Å². The molecule has 1 aromatic heterocycles. The van der Waals surface area contributed by atoms with Crippen LogP contribution < -0.4 is 10.2 Å². The molecule has 1 aliphatic rings. The normalized spacial score (nSPS) is 14.7. The minimum absolute atomic E-state index is 0.925. The van der Waals surface area contributed by atoms with Crippen LogP contribution in [0, 0.1) is 6.92 Å². The van der Waals surface area contributed by atoms with Crippen LogP contribution in [0.4, 0.5) is 11.4 Å². The highest BCUT2D eigenvalue weighted by molar-refractivity contribution is 7.12. The molecule has 0 saturated carbocycles. The van der Waals surface area contributed by atoms with Gasteiger partial charge in [0.05, 0.1) is 0 Å². The number of anilines is 2. The molecule has 0 radical (unpaired) electrons. The molecule has 112 valence electrons. The molecule has 0 bridgehead atoms. The van der Waals surface area contributed by atoms with Crippen molar-refractivity contribution in [3.63, 3.8) is 0 Å². The van der Waals surface area contributed by atoms with Crippen LogP contribution in [-0.4, -0.2) is 13.1 Å². The van der Waals surface area contributed by atoms with Crippen molar-refractivity contribution in [1.29, 1.82) is 0 Å². The first-order chi connectivity index (χ1) is 10.3. The van der Waals surface area contributed by atoms with Crippen LogP contribution >= 0.6 is 11.3 Å². The largest absolute Gasteiger partial charge is 0.380 e. The van der Waals surface area contributed by atoms with Crippen molar-refractivity contribution in [2.75, 3.05) is 23.3 Å². The number of hydrogen-bond donors (Lipinski definition) is 1. The van der Waals surface area contributed by atoms with Gasteiger partial charge in [0.15, 0.2) is 0 Å². The van der Waals surface area contributed by atoms with Crippen LogP contribution in [0.25, 0.3) is 0 Å². The fraction of sp³-hybridized carbons (Fsp3) is 0.444. The van der Waals surface area contributed by atoms with Crippen molar-refractivity contribution in [1.82, 2.24) is 0 Å². The summed E-state index contributed by atoms with van der Waals surface area (Å²) in [5.41, 5.74) is 3.97. The lowest BCUT2D eigenvalue weighted by Crippen LogP contribution is -2.17. The van der Waals surface area contributed by atoms with Crippen molar-refractivity contribution in [3.05, 3.63) is 45.6 Å². The Kier molecular flexibility index (Phi) is 4.49. The highest BCUT2D eigenvalue weighted by Gasteiger charge is 2.12. The maximum absolute atomic E-state index is 3.58. The maximum Gasteiger partial charge on any atom is 0.0494 e. The molecule has 3 heteroatoms. The molecule has 2 aromatic rings. The molecule has 0 aliphatic carbocycles. The number of nitrogens with one attached hydrogen (secondary N) is 1. The van der Waals surface area contributed by atoms with Gasteiger partial charge in [0.25, 0.3) is 0 Å². The predicted molar refractivity (Wildman–Crippen MR) is 93.6 cm³/mol. The van der Waals surface area contributed by atoms with Gasteiger partial charge < -0.3 is 10.2 Å². The van der Waals surface area contributed by atoms with E-state index in [1.807, 2.05) is 11.3 Å². The Hall–Kier alpha value is -1.48. The van der Waals surface area contributed by atoms with Gasteiger partial charge in [0, 0.05) is 40.8 Å². The summed E-state index contributed by atoms with van der Waals surface area (Å²) in [5, 5.41) is 3.58. The van der Waals surface area contributed by atoms with Gasteiger partial charge in [-0.15, -0.1) is 11.3 Å². The molecular formula is C18H24N2S. The summed E-state index contributed by atoms with van der Waals surface area (Å²) >= 11 is 1.91. The van der Waals surface area contributed by atoms with E-state index in [2.05, 4.69) is 54.4 Å². The Morgan fingerprint density at radius 1 is 1.10 bits per heavy atom. The second kappa shape index (κ2) is 6.52. The van der Waals surface area contributed by atoms with E-state index >= 15 is 0 Å². The third kappa shape index (κ3) is 3.41. The third-order valence-electron chi connectivity index (χ3n) is 4.20. The summed E-state index contributed by atoms with van der Waals surface area (Å²) in [6.07, 6.45) is 3.79. The molecule has 2 nitrogen and oxygen atoms in total. The molecule has 21 heavy (non-hydrogen) atoms. The highest BCUT2D eigenvalue weighted by atomic mass is 32.1. The van der Waals surface area contributed by atoms with Gasteiger partial charge in [-0.25, -0.2) is 0 Å². The molecule has 1 N–H and O–H groups in total. The topological polar surface area (TPSA) is 15.3 Å². The number of hydrogen-bond acceptors (Lipinski definition) is 3. The zero-order valence-electron chi connectivity index (χ0n) is 13.0. The predicted octanol–water partition coefficient (Wildman–Crippen LogP) is 4.83. The van der Waals surface area contributed by atoms with Crippen LogP contribution in [0.15, 0.2) is 30.3 Å². The average molecular weight is 300 g/mol. The summed E-state index contributed by atoms with van der Waals surface area (Å²) in [4.78, 5) is 5.37. The molecule has 1 aliphatic heterocycles. The van der Waals surface area contributed by atoms with Crippen LogP contribution in [0.1, 0.15) is 35.1 Å². The summed E-state index contributed by atoms with van der Waals surface area (Å²) in [6.45, 7) is 7.76. The number of thiophene rings is 1. The first-order valence-electron chi connectivity index (χ1n) is 7.93. The zero-order valence-corrected chi connectivity index (χ0v) is 13.8. The Morgan fingerprint density at radius 3 is 2.52 bits per heavy atom. The Morgan fingerprint density at radius 2 is 1.86 bits per heavy atom. The van der Waals surface area contributed by atoms with Gasteiger partial charge >= 0.3 is 0 Å². The van der Waals surface area contributed by atoms with Gasteiger partial charge in [0.1, 0.15) is 0 Å². The Bertz CT molecular complexity index is 597. The monoisotopic (exact) mass is 300 g/mol. The molecule has 3 rings (SSSR count). The van der Waals surface area contributed by atoms with Gasteiger partial charge in [-0.05, 0) is 62.1 Å². The molecule has 1 aromatic carbocycles. The van der Waals surface area contributed by atoms with Crippen molar-refractivity contribution >= 4 is 22.7 Å². The molecule has 1 fully saturated rings. The molecule has 0 spiro atoms. The summed E-state index contributed by atoms with van der Waals surface area (Å²) < 4.78 is 0. The summed E-state index contributed by atoms with van der Waals surface area (Å²) in [6, 6.07) is 11.3. The average Bonchev–Trinajstić information content (AvgIpc) is 3.17.